The van der Waals surface area contributed by atoms with Gasteiger partial charge in [-0.25, -0.2) is 0 Å². The maximum atomic E-state index is 2.54. The molecule has 1 aliphatic rings. The summed E-state index contributed by atoms with van der Waals surface area (Å²) in [6.07, 6.45) is 4.00. The summed E-state index contributed by atoms with van der Waals surface area (Å²) >= 11 is 0. The molecule has 0 amide bonds. The Labute approximate surface area is 89.9 Å². The van der Waals surface area contributed by atoms with E-state index in [0.29, 0.717) is 10.8 Å². The minimum Gasteiger partial charge on any atom is -0.303 e. The summed E-state index contributed by atoms with van der Waals surface area (Å²) in [4.78, 5) is 2.54. The van der Waals surface area contributed by atoms with Gasteiger partial charge in [0.25, 0.3) is 0 Å². The first-order chi connectivity index (χ1) is 6.28. The zero-order valence-corrected chi connectivity index (χ0v) is 10.9. The van der Waals surface area contributed by atoms with Crippen molar-refractivity contribution in [3.63, 3.8) is 0 Å². The molecule has 1 heterocycles. The van der Waals surface area contributed by atoms with Crippen LogP contribution in [0.5, 0.6) is 0 Å². The van der Waals surface area contributed by atoms with Gasteiger partial charge in [0.05, 0.1) is 0 Å². The van der Waals surface area contributed by atoms with Crippen LogP contribution in [0.1, 0.15) is 53.9 Å². The first-order valence-electron chi connectivity index (χ1n) is 5.98. The van der Waals surface area contributed by atoms with Gasteiger partial charge in [0.1, 0.15) is 0 Å². The van der Waals surface area contributed by atoms with Crippen molar-refractivity contribution in [3.8, 4) is 0 Å². The van der Waals surface area contributed by atoms with E-state index in [1.165, 1.54) is 25.8 Å². The Balaban J connectivity index is 2.85. The second-order valence-corrected chi connectivity index (χ2v) is 6.47. The van der Waals surface area contributed by atoms with Gasteiger partial charge in [0, 0.05) is 12.6 Å². The molecule has 1 rings (SSSR count). The van der Waals surface area contributed by atoms with E-state index >= 15 is 0 Å². The minimum absolute atomic E-state index is 0.509. The quantitative estimate of drug-likeness (QED) is 0.621. The van der Waals surface area contributed by atoms with Crippen molar-refractivity contribution in [2.45, 2.75) is 59.9 Å². The van der Waals surface area contributed by atoms with Crippen LogP contribution in [0.3, 0.4) is 0 Å². The van der Waals surface area contributed by atoms with E-state index < -0.39 is 0 Å². The van der Waals surface area contributed by atoms with Gasteiger partial charge >= 0.3 is 0 Å². The molecule has 0 aromatic heterocycles. The lowest BCUT2D eigenvalue weighted by Crippen LogP contribution is -2.35. The smallest absolute Gasteiger partial charge is 0.00691 e. The normalized spacial score (nSPS) is 39.4. The van der Waals surface area contributed by atoms with Crippen molar-refractivity contribution in [1.29, 1.82) is 0 Å². The molecule has 84 valence electrons. The molecule has 1 aliphatic heterocycles. The Hall–Kier alpha value is -0.0400. The summed E-state index contributed by atoms with van der Waals surface area (Å²) < 4.78 is 0. The number of hydrogen-bond donors (Lipinski definition) is 0. The standard InChI is InChI=1S/C13H27N/c1-7-13(5)9-12(3,4)8-11(2)14(6)10-13/h11H,7-10H2,1-6H3. The summed E-state index contributed by atoms with van der Waals surface area (Å²) in [5.74, 6) is 0. The van der Waals surface area contributed by atoms with Crippen LogP contribution in [-0.2, 0) is 0 Å². The minimum atomic E-state index is 0.509. The van der Waals surface area contributed by atoms with Gasteiger partial charge in [0.15, 0.2) is 0 Å². The Bertz CT molecular complexity index is 197. The molecule has 1 heteroatoms. The summed E-state index contributed by atoms with van der Waals surface area (Å²) in [6.45, 7) is 13.3. The Kier molecular flexibility index (Phi) is 3.30. The first kappa shape index (κ1) is 12.0. The molecule has 1 nitrogen and oxygen atoms in total. The maximum absolute atomic E-state index is 2.54. The van der Waals surface area contributed by atoms with Crippen molar-refractivity contribution < 1.29 is 0 Å². The van der Waals surface area contributed by atoms with Crippen LogP contribution in [0, 0.1) is 10.8 Å². The fourth-order valence-corrected chi connectivity index (χ4v) is 3.23. The molecule has 0 radical (unpaired) electrons. The average Bonchev–Trinajstić information content (AvgIpc) is 2.08. The van der Waals surface area contributed by atoms with Crippen molar-refractivity contribution in [1.82, 2.24) is 4.90 Å². The van der Waals surface area contributed by atoms with Gasteiger partial charge in [-0.1, -0.05) is 27.7 Å². The van der Waals surface area contributed by atoms with Crippen molar-refractivity contribution in [2.75, 3.05) is 13.6 Å². The van der Waals surface area contributed by atoms with Crippen molar-refractivity contribution >= 4 is 0 Å². The van der Waals surface area contributed by atoms with Crippen molar-refractivity contribution in [2.24, 2.45) is 10.8 Å². The zero-order valence-electron chi connectivity index (χ0n) is 10.9. The van der Waals surface area contributed by atoms with Crippen LogP contribution in [0.25, 0.3) is 0 Å². The predicted molar refractivity (Wildman–Crippen MR) is 63.5 cm³/mol. The lowest BCUT2D eigenvalue weighted by molar-refractivity contribution is 0.159. The highest BCUT2D eigenvalue weighted by Gasteiger charge is 2.37. The molecule has 0 bridgehead atoms. The zero-order chi connectivity index (χ0) is 11.0. The maximum Gasteiger partial charge on any atom is 0.00691 e. The molecule has 1 saturated heterocycles. The van der Waals surface area contributed by atoms with Gasteiger partial charge in [0.2, 0.25) is 0 Å². The van der Waals surface area contributed by atoms with Gasteiger partial charge in [-0.2, -0.15) is 0 Å². The molecule has 2 atom stereocenters. The van der Waals surface area contributed by atoms with Gasteiger partial charge in [-0.05, 0) is 44.1 Å². The second kappa shape index (κ2) is 3.84. The largest absolute Gasteiger partial charge is 0.303 e. The Morgan fingerprint density at radius 2 is 1.86 bits per heavy atom. The van der Waals surface area contributed by atoms with Crippen LogP contribution < -0.4 is 0 Å². The van der Waals surface area contributed by atoms with E-state index in [-0.39, 0.29) is 0 Å². The summed E-state index contributed by atoms with van der Waals surface area (Å²) in [5, 5.41) is 0. The number of likely N-dealkylation sites (tertiary alicyclic amines) is 1. The van der Waals surface area contributed by atoms with E-state index in [4.69, 9.17) is 0 Å². The van der Waals surface area contributed by atoms with Crippen LogP contribution in [0.15, 0.2) is 0 Å². The van der Waals surface area contributed by atoms with E-state index in [2.05, 4.69) is 46.6 Å². The second-order valence-electron chi connectivity index (χ2n) is 6.47. The van der Waals surface area contributed by atoms with E-state index in [9.17, 15) is 0 Å². The topological polar surface area (TPSA) is 3.24 Å². The Morgan fingerprint density at radius 3 is 2.36 bits per heavy atom. The van der Waals surface area contributed by atoms with Crippen molar-refractivity contribution in [3.05, 3.63) is 0 Å². The monoisotopic (exact) mass is 197 g/mol. The van der Waals surface area contributed by atoms with Gasteiger partial charge in [-0.3, -0.25) is 0 Å². The highest BCUT2D eigenvalue weighted by atomic mass is 15.1. The highest BCUT2D eigenvalue weighted by Crippen LogP contribution is 2.43. The number of hydrogen-bond acceptors (Lipinski definition) is 1. The SMILES string of the molecule is CCC1(C)CN(C)C(C)CC(C)(C)C1. The van der Waals surface area contributed by atoms with Crippen LogP contribution in [-0.4, -0.2) is 24.5 Å². The molecule has 0 N–H and O–H groups in total. The molecule has 0 aromatic carbocycles. The molecule has 0 aliphatic carbocycles. The van der Waals surface area contributed by atoms with Gasteiger partial charge < -0.3 is 4.90 Å². The summed E-state index contributed by atoms with van der Waals surface area (Å²) in [6, 6.07) is 0.735. The van der Waals surface area contributed by atoms with E-state index in [1.54, 1.807) is 0 Å². The molecule has 1 fully saturated rings. The third kappa shape index (κ3) is 2.73. The average molecular weight is 197 g/mol. The Morgan fingerprint density at radius 1 is 1.29 bits per heavy atom. The van der Waals surface area contributed by atoms with E-state index in [0.717, 1.165) is 6.04 Å². The molecule has 0 spiro atoms. The molecular weight excluding hydrogens is 170 g/mol. The third-order valence-corrected chi connectivity index (χ3v) is 3.99. The molecule has 2 unspecified atom stereocenters. The van der Waals surface area contributed by atoms with Crippen LogP contribution >= 0.6 is 0 Å². The fraction of sp³-hybridized carbons (Fsp3) is 1.00. The van der Waals surface area contributed by atoms with E-state index in [1.807, 2.05) is 0 Å². The number of rotatable bonds is 1. The lowest BCUT2D eigenvalue weighted by atomic mass is 9.72. The summed E-state index contributed by atoms with van der Waals surface area (Å²) in [5.41, 5.74) is 1.03. The molecular formula is C13H27N. The van der Waals surface area contributed by atoms with Crippen LogP contribution in [0.2, 0.25) is 0 Å². The third-order valence-electron chi connectivity index (χ3n) is 3.99. The first-order valence-corrected chi connectivity index (χ1v) is 5.98. The number of nitrogens with zero attached hydrogens (tertiary/aromatic N) is 1. The fourth-order valence-electron chi connectivity index (χ4n) is 3.23. The lowest BCUT2D eigenvalue weighted by Gasteiger charge is -2.34. The molecule has 0 aromatic rings. The summed E-state index contributed by atoms with van der Waals surface area (Å²) in [7, 11) is 2.28. The highest BCUT2D eigenvalue weighted by molar-refractivity contribution is 4.90. The van der Waals surface area contributed by atoms with Crippen LogP contribution in [0.4, 0.5) is 0 Å². The van der Waals surface area contributed by atoms with Gasteiger partial charge in [-0.15, -0.1) is 0 Å². The molecule has 0 saturated carbocycles. The predicted octanol–water partition coefficient (Wildman–Crippen LogP) is 3.54. The molecule has 14 heavy (non-hydrogen) atoms.